The van der Waals surface area contributed by atoms with Crippen molar-refractivity contribution in [3.63, 3.8) is 0 Å². The van der Waals surface area contributed by atoms with Crippen molar-refractivity contribution in [2.75, 3.05) is 33.9 Å². The molecular formula is C25H30N2O5. The zero-order valence-corrected chi connectivity index (χ0v) is 18.7. The fourth-order valence-electron chi connectivity index (χ4n) is 5.15. The van der Waals surface area contributed by atoms with Gasteiger partial charge in [0, 0.05) is 31.6 Å². The third-order valence-corrected chi connectivity index (χ3v) is 6.79. The van der Waals surface area contributed by atoms with Gasteiger partial charge in [-0.3, -0.25) is 19.3 Å². The second-order valence-corrected chi connectivity index (χ2v) is 8.40. The Morgan fingerprint density at radius 3 is 2.62 bits per heavy atom. The van der Waals surface area contributed by atoms with Gasteiger partial charge in [0.2, 0.25) is 5.91 Å². The van der Waals surface area contributed by atoms with Gasteiger partial charge < -0.3 is 9.47 Å². The van der Waals surface area contributed by atoms with Crippen LogP contribution in [0.4, 0.5) is 0 Å². The van der Waals surface area contributed by atoms with E-state index in [1.165, 1.54) is 22.9 Å². The van der Waals surface area contributed by atoms with E-state index in [9.17, 15) is 9.59 Å². The molecule has 1 atom stereocenters. The van der Waals surface area contributed by atoms with Gasteiger partial charge in [-0.25, -0.2) is 5.06 Å². The Bertz CT molecular complexity index is 1010. The molecule has 2 aromatic carbocycles. The predicted octanol–water partition coefficient (Wildman–Crippen LogP) is 3.32. The highest BCUT2D eigenvalue weighted by molar-refractivity contribution is 5.89. The van der Waals surface area contributed by atoms with E-state index in [1.807, 2.05) is 18.2 Å². The quantitative estimate of drug-likeness (QED) is 0.488. The van der Waals surface area contributed by atoms with Crippen LogP contribution < -0.4 is 4.74 Å². The van der Waals surface area contributed by atoms with Crippen molar-refractivity contribution < 1.29 is 23.9 Å². The van der Waals surface area contributed by atoms with E-state index < -0.39 is 11.5 Å². The summed E-state index contributed by atoms with van der Waals surface area (Å²) in [5, 5.41) is 3.78. The van der Waals surface area contributed by atoms with Gasteiger partial charge in [-0.1, -0.05) is 36.4 Å². The van der Waals surface area contributed by atoms with E-state index in [2.05, 4.69) is 29.7 Å². The zero-order valence-electron chi connectivity index (χ0n) is 18.7. The van der Waals surface area contributed by atoms with Crippen molar-refractivity contribution in [1.29, 1.82) is 0 Å². The van der Waals surface area contributed by atoms with E-state index >= 15 is 0 Å². The Hall–Kier alpha value is -2.90. The Kier molecular flexibility index (Phi) is 6.48. The van der Waals surface area contributed by atoms with Gasteiger partial charge in [-0.2, -0.15) is 0 Å². The van der Waals surface area contributed by atoms with Crippen LogP contribution in [0.3, 0.4) is 0 Å². The first kappa shape index (κ1) is 22.3. The molecule has 7 heteroatoms. The summed E-state index contributed by atoms with van der Waals surface area (Å²) in [6.45, 7) is 6.07. The van der Waals surface area contributed by atoms with E-state index in [4.69, 9.17) is 14.3 Å². The topological polar surface area (TPSA) is 68.3 Å². The molecule has 2 heterocycles. The molecule has 1 amide bonds. The highest BCUT2D eigenvalue weighted by Gasteiger charge is 2.58. The highest BCUT2D eigenvalue weighted by Crippen LogP contribution is 2.45. The molecule has 2 fully saturated rings. The van der Waals surface area contributed by atoms with E-state index in [-0.39, 0.29) is 24.9 Å². The van der Waals surface area contributed by atoms with Crippen LogP contribution in [-0.4, -0.2) is 61.3 Å². The molecule has 0 saturated carbocycles. The summed E-state index contributed by atoms with van der Waals surface area (Å²) in [5.41, 5.74) is 0.459. The molecule has 2 aromatic rings. The maximum Gasteiger partial charge on any atom is 0.311 e. The van der Waals surface area contributed by atoms with Gasteiger partial charge in [0.1, 0.15) is 5.75 Å². The van der Waals surface area contributed by atoms with E-state index in [0.717, 1.165) is 30.9 Å². The predicted molar refractivity (Wildman–Crippen MR) is 121 cm³/mol. The molecule has 1 unspecified atom stereocenters. The average Bonchev–Trinajstić information content (AvgIpc) is 3.09. The monoisotopic (exact) mass is 438 g/mol. The third-order valence-electron chi connectivity index (χ3n) is 6.79. The molecule has 4 rings (SSSR count). The second-order valence-electron chi connectivity index (χ2n) is 8.40. The number of carbonyl (C=O) groups is 2. The summed E-state index contributed by atoms with van der Waals surface area (Å²) in [7, 11) is 3.06. The minimum Gasteiger partial charge on any atom is -0.496 e. The number of rotatable bonds is 7. The van der Waals surface area contributed by atoms with Crippen LogP contribution >= 0.6 is 0 Å². The van der Waals surface area contributed by atoms with Crippen LogP contribution in [0.15, 0.2) is 49.1 Å². The summed E-state index contributed by atoms with van der Waals surface area (Å²) < 4.78 is 10.7. The zero-order chi connectivity index (χ0) is 22.7. The lowest BCUT2D eigenvalue weighted by Crippen LogP contribution is -2.57. The first-order valence-electron chi connectivity index (χ1n) is 11.0. The van der Waals surface area contributed by atoms with Crippen LogP contribution in [-0.2, 0) is 25.7 Å². The number of methoxy groups -OCH3 is 2. The summed E-state index contributed by atoms with van der Waals surface area (Å²) >= 11 is 0. The molecule has 2 aliphatic heterocycles. The highest BCUT2D eigenvalue weighted by atomic mass is 16.7. The number of likely N-dealkylation sites (tertiary alicyclic amines) is 1. The molecule has 0 N–H and O–H groups in total. The summed E-state index contributed by atoms with van der Waals surface area (Å²) in [4.78, 5) is 33.4. The SMILES string of the molecule is C=CCON1C(=O)CC(C(=O)OC)C12CCN(Cc1c(OC)ccc3ccccc13)CC2. The van der Waals surface area contributed by atoms with E-state index in [0.29, 0.717) is 12.8 Å². The normalized spacial score (nSPS) is 20.6. The van der Waals surface area contributed by atoms with Crippen molar-refractivity contribution in [3.8, 4) is 5.75 Å². The van der Waals surface area contributed by atoms with Gasteiger partial charge in [-0.15, -0.1) is 6.58 Å². The lowest BCUT2D eigenvalue weighted by atomic mass is 9.77. The van der Waals surface area contributed by atoms with Crippen molar-refractivity contribution in [3.05, 3.63) is 54.6 Å². The Morgan fingerprint density at radius 2 is 1.94 bits per heavy atom. The van der Waals surface area contributed by atoms with Crippen molar-refractivity contribution in [1.82, 2.24) is 9.96 Å². The molecule has 0 bridgehead atoms. The Morgan fingerprint density at radius 1 is 1.19 bits per heavy atom. The fraction of sp³-hybridized carbons (Fsp3) is 0.440. The first-order chi connectivity index (χ1) is 15.5. The molecular weight excluding hydrogens is 408 g/mol. The van der Waals surface area contributed by atoms with Gasteiger partial charge in [0.25, 0.3) is 0 Å². The van der Waals surface area contributed by atoms with Crippen LogP contribution in [0.2, 0.25) is 0 Å². The van der Waals surface area contributed by atoms with Crippen LogP contribution in [0.5, 0.6) is 5.75 Å². The smallest absolute Gasteiger partial charge is 0.311 e. The maximum atomic E-state index is 12.7. The van der Waals surface area contributed by atoms with E-state index in [1.54, 1.807) is 13.2 Å². The number of esters is 1. The van der Waals surface area contributed by atoms with Gasteiger partial charge in [0.15, 0.2) is 0 Å². The number of benzene rings is 2. The standard InChI is InChI=1S/C25H30N2O5/c1-4-15-32-27-23(28)16-21(24(29)31-3)25(27)11-13-26(14-12-25)17-20-19-8-6-5-7-18(19)9-10-22(20)30-2/h4-10,21H,1,11-17H2,2-3H3. The average molecular weight is 439 g/mol. The Labute approximate surface area is 188 Å². The minimum absolute atomic E-state index is 0.112. The van der Waals surface area contributed by atoms with Crippen LogP contribution in [0.25, 0.3) is 10.8 Å². The molecule has 0 aliphatic carbocycles. The summed E-state index contributed by atoms with van der Waals surface area (Å²) in [6, 6.07) is 12.4. The number of ether oxygens (including phenoxy) is 2. The molecule has 0 radical (unpaired) electrons. The number of hydrogen-bond donors (Lipinski definition) is 0. The number of piperidine rings is 1. The maximum absolute atomic E-state index is 12.7. The molecule has 32 heavy (non-hydrogen) atoms. The third kappa shape index (κ3) is 3.87. The number of fused-ring (bicyclic) bond motifs is 1. The van der Waals surface area contributed by atoms with Gasteiger partial charge in [0.05, 0.1) is 32.3 Å². The number of amides is 1. The number of hydrogen-bond acceptors (Lipinski definition) is 6. The van der Waals surface area contributed by atoms with Crippen molar-refractivity contribution >= 4 is 22.6 Å². The Balaban J connectivity index is 1.57. The van der Waals surface area contributed by atoms with Gasteiger partial charge in [-0.05, 0) is 29.7 Å². The number of hydroxylamine groups is 2. The first-order valence-corrected chi connectivity index (χ1v) is 11.0. The minimum atomic E-state index is -0.688. The lowest BCUT2D eigenvalue weighted by molar-refractivity contribution is -0.218. The van der Waals surface area contributed by atoms with Crippen molar-refractivity contribution in [2.45, 2.75) is 31.3 Å². The lowest BCUT2D eigenvalue weighted by Gasteiger charge is -2.45. The fourth-order valence-corrected chi connectivity index (χ4v) is 5.15. The molecule has 1 spiro atoms. The van der Waals surface area contributed by atoms with Gasteiger partial charge >= 0.3 is 5.97 Å². The summed E-state index contributed by atoms with van der Waals surface area (Å²) in [6.07, 6.45) is 2.97. The molecule has 7 nitrogen and oxygen atoms in total. The molecule has 2 aliphatic rings. The molecule has 170 valence electrons. The van der Waals surface area contributed by atoms with Crippen LogP contribution in [0, 0.1) is 5.92 Å². The van der Waals surface area contributed by atoms with Crippen LogP contribution in [0.1, 0.15) is 24.8 Å². The largest absolute Gasteiger partial charge is 0.496 e. The number of carbonyl (C=O) groups excluding carboxylic acids is 2. The molecule has 2 saturated heterocycles. The van der Waals surface area contributed by atoms with Crippen molar-refractivity contribution in [2.24, 2.45) is 5.92 Å². The molecule has 0 aromatic heterocycles. The summed E-state index contributed by atoms with van der Waals surface area (Å²) in [5.74, 6) is -0.193. The second kappa shape index (κ2) is 9.30. The number of nitrogens with zero attached hydrogens (tertiary/aromatic N) is 2.